The average Bonchev–Trinajstić information content (AvgIpc) is 2.65. The number of likely N-dealkylation sites (N-methyl/N-ethyl adjacent to an activating group) is 1. The number of hydrogen-bond donors (Lipinski definition) is 1. The normalized spacial score (nSPS) is 16.0. The van der Waals surface area contributed by atoms with E-state index in [1.54, 1.807) is 10.9 Å². The first-order valence-electron chi connectivity index (χ1n) is 5.34. The van der Waals surface area contributed by atoms with Crippen molar-refractivity contribution < 1.29 is 8.42 Å². The summed E-state index contributed by atoms with van der Waals surface area (Å²) in [6.45, 7) is 6.97. The molecule has 0 saturated carbocycles. The van der Waals surface area contributed by atoms with Crippen molar-refractivity contribution in [3.8, 4) is 0 Å². The van der Waals surface area contributed by atoms with E-state index in [0.29, 0.717) is 0 Å². The first-order valence-corrected chi connectivity index (χ1v) is 7.23. The quantitative estimate of drug-likeness (QED) is 0.835. The molecule has 1 heterocycles. The Morgan fingerprint density at radius 1 is 1.50 bits per heavy atom. The van der Waals surface area contributed by atoms with Gasteiger partial charge in [-0.25, -0.2) is 8.42 Å². The first kappa shape index (κ1) is 13.2. The fourth-order valence-electron chi connectivity index (χ4n) is 1.46. The molecule has 5 nitrogen and oxygen atoms in total. The van der Waals surface area contributed by atoms with Gasteiger partial charge in [0.2, 0.25) is 0 Å². The van der Waals surface area contributed by atoms with Crippen LogP contribution in [0.2, 0.25) is 0 Å². The summed E-state index contributed by atoms with van der Waals surface area (Å²) in [4.78, 5) is 0.267. The van der Waals surface area contributed by atoms with Gasteiger partial charge in [-0.1, -0.05) is 6.92 Å². The van der Waals surface area contributed by atoms with E-state index in [4.69, 9.17) is 0 Å². The summed E-state index contributed by atoms with van der Waals surface area (Å²) in [6, 6.07) is 0.368. The van der Waals surface area contributed by atoms with Gasteiger partial charge in [0.15, 0.2) is 9.84 Å². The molecule has 6 heteroatoms. The predicted molar refractivity (Wildman–Crippen MR) is 63.2 cm³/mol. The molecule has 1 N–H and O–H groups in total. The molecule has 0 fully saturated rings. The van der Waals surface area contributed by atoms with Gasteiger partial charge in [-0.2, -0.15) is 5.10 Å². The van der Waals surface area contributed by atoms with Crippen molar-refractivity contribution in [2.24, 2.45) is 0 Å². The summed E-state index contributed by atoms with van der Waals surface area (Å²) >= 11 is 0. The van der Waals surface area contributed by atoms with E-state index in [2.05, 4.69) is 17.3 Å². The molecule has 1 aromatic heterocycles. The van der Waals surface area contributed by atoms with E-state index < -0.39 is 9.84 Å². The van der Waals surface area contributed by atoms with Crippen LogP contribution < -0.4 is 5.32 Å². The molecule has 0 saturated heterocycles. The summed E-state index contributed by atoms with van der Waals surface area (Å²) < 4.78 is 24.3. The molecule has 92 valence electrons. The van der Waals surface area contributed by atoms with Gasteiger partial charge in [0, 0.05) is 18.5 Å². The molecule has 2 atom stereocenters. The maximum atomic E-state index is 11.3. The summed E-state index contributed by atoms with van der Waals surface area (Å²) in [5.74, 6) is 0. The van der Waals surface area contributed by atoms with Gasteiger partial charge in [-0.3, -0.25) is 4.68 Å². The molecule has 0 spiro atoms. The summed E-state index contributed by atoms with van der Waals surface area (Å²) in [7, 11) is -3.16. The summed E-state index contributed by atoms with van der Waals surface area (Å²) in [5, 5.41) is 7.36. The van der Waals surface area contributed by atoms with Crippen LogP contribution in [-0.2, 0) is 9.84 Å². The van der Waals surface area contributed by atoms with Crippen LogP contribution in [0.3, 0.4) is 0 Å². The van der Waals surface area contributed by atoms with Crippen LogP contribution in [0.25, 0.3) is 0 Å². The highest BCUT2D eigenvalue weighted by molar-refractivity contribution is 7.90. The topological polar surface area (TPSA) is 64.0 Å². The molecule has 0 aliphatic rings. The van der Waals surface area contributed by atoms with Crippen LogP contribution in [-0.4, -0.2) is 37.0 Å². The largest absolute Gasteiger partial charge is 0.312 e. The number of nitrogens with one attached hydrogen (secondary N) is 1. The van der Waals surface area contributed by atoms with Gasteiger partial charge in [0.25, 0.3) is 0 Å². The maximum Gasteiger partial charge on any atom is 0.178 e. The molecule has 1 aromatic rings. The lowest BCUT2D eigenvalue weighted by atomic mass is 10.2. The number of nitrogens with zero attached hydrogens (tertiary/aromatic N) is 2. The maximum absolute atomic E-state index is 11.3. The minimum atomic E-state index is -3.16. The van der Waals surface area contributed by atoms with E-state index in [9.17, 15) is 8.42 Å². The van der Waals surface area contributed by atoms with Gasteiger partial charge in [0.05, 0.1) is 12.2 Å². The molecular formula is C10H19N3O2S. The predicted octanol–water partition coefficient (Wildman–Crippen LogP) is 0.846. The Hall–Kier alpha value is -0.880. The van der Waals surface area contributed by atoms with E-state index in [1.807, 2.05) is 13.8 Å². The minimum Gasteiger partial charge on any atom is -0.312 e. The number of rotatable bonds is 5. The third-order valence-electron chi connectivity index (χ3n) is 2.67. The molecule has 0 bridgehead atoms. The standard InChI is InChI=1S/C10H19N3O2S/c1-5-11-8(2)9(3)13-7-10(6-12-13)16(4,14)15/h6-9,11H,5H2,1-4H3. The SMILES string of the molecule is CCNC(C)C(C)n1cc(S(C)(=O)=O)cn1. The molecule has 0 aliphatic carbocycles. The lowest BCUT2D eigenvalue weighted by Crippen LogP contribution is -2.33. The van der Waals surface area contributed by atoms with Crippen LogP contribution in [0.1, 0.15) is 26.8 Å². The van der Waals surface area contributed by atoms with Crippen LogP contribution in [0.5, 0.6) is 0 Å². The Kier molecular flexibility index (Phi) is 4.09. The van der Waals surface area contributed by atoms with Crippen molar-refractivity contribution >= 4 is 9.84 Å². The monoisotopic (exact) mass is 245 g/mol. The third-order valence-corrected chi connectivity index (χ3v) is 3.74. The van der Waals surface area contributed by atoms with Gasteiger partial charge in [-0.15, -0.1) is 0 Å². The lowest BCUT2D eigenvalue weighted by molar-refractivity contribution is 0.371. The van der Waals surface area contributed by atoms with Gasteiger partial charge < -0.3 is 5.32 Å². The van der Waals surface area contributed by atoms with Crippen LogP contribution >= 0.6 is 0 Å². The first-order chi connectivity index (χ1) is 7.36. The minimum absolute atomic E-state index is 0.121. The fraction of sp³-hybridized carbons (Fsp3) is 0.700. The van der Waals surface area contributed by atoms with Crippen LogP contribution in [0, 0.1) is 0 Å². The van der Waals surface area contributed by atoms with Crippen LogP contribution in [0.4, 0.5) is 0 Å². The third kappa shape index (κ3) is 3.05. The number of sulfone groups is 1. The smallest absolute Gasteiger partial charge is 0.178 e. The Labute approximate surface area is 96.8 Å². The van der Waals surface area contributed by atoms with Crippen molar-refractivity contribution in [3.05, 3.63) is 12.4 Å². The van der Waals surface area contributed by atoms with Crippen molar-refractivity contribution in [1.29, 1.82) is 0 Å². The Morgan fingerprint density at radius 2 is 2.12 bits per heavy atom. The molecule has 0 radical (unpaired) electrons. The van der Waals surface area contributed by atoms with Gasteiger partial charge in [-0.05, 0) is 20.4 Å². The number of aromatic nitrogens is 2. The zero-order chi connectivity index (χ0) is 12.3. The summed E-state index contributed by atoms with van der Waals surface area (Å²) in [5.41, 5.74) is 0. The van der Waals surface area contributed by atoms with E-state index in [-0.39, 0.29) is 17.0 Å². The highest BCUT2D eigenvalue weighted by Gasteiger charge is 2.16. The fourth-order valence-corrected chi connectivity index (χ4v) is 1.99. The van der Waals surface area contributed by atoms with Crippen molar-refractivity contribution in [2.45, 2.75) is 37.8 Å². The summed E-state index contributed by atoms with van der Waals surface area (Å²) in [6.07, 6.45) is 4.16. The van der Waals surface area contributed by atoms with Crippen molar-refractivity contribution in [3.63, 3.8) is 0 Å². The second kappa shape index (κ2) is 4.97. The van der Waals surface area contributed by atoms with Crippen LogP contribution in [0.15, 0.2) is 17.3 Å². The second-order valence-corrected chi connectivity index (χ2v) is 6.03. The Bertz CT molecular complexity index is 439. The average molecular weight is 245 g/mol. The zero-order valence-corrected chi connectivity index (χ0v) is 11.0. The number of hydrogen-bond acceptors (Lipinski definition) is 4. The highest BCUT2D eigenvalue weighted by Crippen LogP contribution is 2.13. The molecular weight excluding hydrogens is 226 g/mol. The zero-order valence-electron chi connectivity index (χ0n) is 10.1. The molecule has 0 aliphatic heterocycles. The highest BCUT2D eigenvalue weighted by atomic mass is 32.2. The molecule has 16 heavy (non-hydrogen) atoms. The second-order valence-electron chi connectivity index (χ2n) is 4.02. The van der Waals surface area contributed by atoms with Gasteiger partial charge in [0.1, 0.15) is 4.90 Å². The lowest BCUT2D eigenvalue weighted by Gasteiger charge is -2.20. The molecule has 1 rings (SSSR count). The van der Waals surface area contributed by atoms with E-state index >= 15 is 0 Å². The molecule has 2 unspecified atom stereocenters. The van der Waals surface area contributed by atoms with Crippen molar-refractivity contribution in [1.82, 2.24) is 15.1 Å². The molecule has 0 amide bonds. The van der Waals surface area contributed by atoms with Gasteiger partial charge >= 0.3 is 0 Å². The van der Waals surface area contributed by atoms with E-state index in [1.165, 1.54) is 12.5 Å². The van der Waals surface area contributed by atoms with E-state index in [0.717, 1.165) is 6.54 Å². The molecule has 0 aromatic carbocycles. The Morgan fingerprint density at radius 3 is 2.56 bits per heavy atom. The van der Waals surface area contributed by atoms with Crippen molar-refractivity contribution in [2.75, 3.05) is 12.8 Å². The Balaban J connectivity index is 2.86.